The zero-order valence-corrected chi connectivity index (χ0v) is 19.3. The molecule has 5 N–H and O–H groups in total. The first-order valence-electron chi connectivity index (χ1n) is 9.63. The molecule has 33 heavy (non-hydrogen) atoms. The van der Waals surface area contributed by atoms with Crippen LogP contribution in [0.3, 0.4) is 0 Å². The van der Waals surface area contributed by atoms with Crippen molar-refractivity contribution >= 4 is 45.3 Å². The smallest absolute Gasteiger partial charge is 0.332 e. The molecule has 0 saturated heterocycles. The number of aliphatic imine (C=N–C) groups is 2. The van der Waals surface area contributed by atoms with Crippen molar-refractivity contribution in [3.63, 3.8) is 0 Å². The Bertz CT molecular complexity index is 1230. The quantitative estimate of drug-likeness (QED) is 0.391. The van der Waals surface area contributed by atoms with Crippen LogP contribution in [0.5, 0.6) is 5.75 Å². The Hall–Kier alpha value is -3.38. The minimum atomic E-state index is -4.82. The van der Waals surface area contributed by atoms with Gasteiger partial charge >= 0.3 is 10.2 Å². The lowest BCUT2D eigenvalue weighted by Gasteiger charge is -2.38. The number of nitrogens with zero attached hydrogens (tertiary/aromatic N) is 3. The Morgan fingerprint density at radius 2 is 1.88 bits per heavy atom. The molecule has 0 aromatic heterocycles. The van der Waals surface area contributed by atoms with Crippen molar-refractivity contribution < 1.29 is 21.8 Å². The number of carbonyl (C=O) groups excluding carboxylic acids is 1. The van der Waals surface area contributed by atoms with Crippen LogP contribution in [0.25, 0.3) is 0 Å². The molecule has 2 aromatic rings. The predicted molar refractivity (Wildman–Crippen MR) is 124 cm³/mol. The van der Waals surface area contributed by atoms with Gasteiger partial charge in [0.25, 0.3) is 5.91 Å². The molecule has 0 fully saturated rings. The van der Waals surface area contributed by atoms with Gasteiger partial charge in [-0.25, -0.2) is 4.99 Å². The van der Waals surface area contributed by atoms with Crippen LogP contribution in [0.1, 0.15) is 24.2 Å². The van der Waals surface area contributed by atoms with E-state index in [0.717, 1.165) is 12.1 Å². The highest BCUT2D eigenvalue weighted by Gasteiger charge is 2.33. The van der Waals surface area contributed by atoms with Crippen LogP contribution in [0.4, 0.5) is 9.57 Å². The van der Waals surface area contributed by atoms with Crippen molar-refractivity contribution in [1.82, 2.24) is 5.32 Å². The van der Waals surface area contributed by atoms with Crippen molar-refractivity contribution in [3.05, 3.63) is 53.1 Å². The van der Waals surface area contributed by atoms with Gasteiger partial charge in [-0.2, -0.15) is 13.4 Å². The first-order chi connectivity index (χ1) is 15.4. The lowest BCUT2D eigenvalue weighted by atomic mass is 10.1. The van der Waals surface area contributed by atoms with E-state index < -0.39 is 26.7 Å². The summed E-state index contributed by atoms with van der Waals surface area (Å²) < 4.78 is 40.2. The predicted octanol–water partition coefficient (Wildman–Crippen LogP) is 1.99. The Kier molecular flexibility index (Phi) is 6.79. The number of benzene rings is 2. The average molecular weight is 497 g/mol. The van der Waals surface area contributed by atoms with Crippen molar-refractivity contribution in [1.29, 1.82) is 0 Å². The van der Waals surface area contributed by atoms with Crippen LogP contribution in [0, 0.1) is 0 Å². The molecule has 0 spiro atoms. The molecule has 176 valence electrons. The van der Waals surface area contributed by atoms with Crippen LogP contribution in [0.2, 0.25) is 5.02 Å². The molecule has 0 aliphatic carbocycles. The molecule has 2 aromatic carbocycles. The number of nitrogens with two attached hydrogens (primary N) is 2. The van der Waals surface area contributed by atoms with Gasteiger partial charge in [0.2, 0.25) is 11.9 Å². The summed E-state index contributed by atoms with van der Waals surface area (Å²) in [5.74, 6) is 0.188. The normalized spacial score (nSPS) is 15.5. The van der Waals surface area contributed by atoms with E-state index >= 15 is 0 Å². The van der Waals surface area contributed by atoms with Crippen LogP contribution in [-0.2, 0) is 10.2 Å². The first kappa shape index (κ1) is 24.3. The lowest BCUT2D eigenvalue weighted by Crippen LogP contribution is -2.54. The highest BCUT2D eigenvalue weighted by molar-refractivity contribution is 7.86. The van der Waals surface area contributed by atoms with Gasteiger partial charge in [-0.1, -0.05) is 11.6 Å². The summed E-state index contributed by atoms with van der Waals surface area (Å²) in [6.45, 7) is 3.91. The maximum Gasteiger partial charge on any atom is 0.332 e. The summed E-state index contributed by atoms with van der Waals surface area (Å²) in [5.41, 5.74) is 11.8. The number of anilines is 1. The fraction of sp³-hybridized carbons (Fsp3) is 0.250. The molecular weight excluding hydrogens is 475 g/mol. The minimum absolute atomic E-state index is 0.0882. The van der Waals surface area contributed by atoms with E-state index in [0.29, 0.717) is 16.5 Å². The summed E-state index contributed by atoms with van der Waals surface area (Å²) in [7, 11) is -4.82. The third kappa shape index (κ3) is 5.71. The van der Waals surface area contributed by atoms with E-state index in [2.05, 4.69) is 15.3 Å². The Morgan fingerprint density at radius 1 is 1.21 bits per heavy atom. The van der Waals surface area contributed by atoms with Crippen molar-refractivity contribution in [2.24, 2.45) is 21.5 Å². The topological polar surface area (TPSA) is 152 Å². The minimum Gasteiger partial charge on any atom is -0.490 e. The molecule has 1 aliphatic rings. The molecule has 1 aliphatic heterocycles. The summed E-state index contributed by atoms with van der Waals surface area (Å²) in [4.78, 5) is 21.6. The lowest BCUT2D eigenvalue weighted by molar-refractivity contribution is 0.0947. The number of amides is 1. The molecule has 13 heteroatoms. The standard InChI is InChI=1S/C20H22ClFN6O4S/c1-20(2)27-18(23)26-19(24)28(20)13-5-8-16(15(21)11-13)32-10-9-25-17(29)12-3-6-14(7-4-12)33(22,30)31/h3-8,11H,9-10H2,1-2H3,(H,25,29)(H4,23,24,26,27). The average Bonchev–Trinajstić information content (AvgIpc) is 2.70. The summed E-state index contributed by atoms with van der Waals surface area (Å²) in [6, 6.07) is 9.50. The molecule has 0 saturated carbocycles. The molecule has 10 nitrogen and oxygen atoms in total. The summed E-state index contributed by atoms with van der Waals surface area (Å²) in [6.07, 6.45) is 0. The van der Waals surface area contributed by atoms with Crippen molar-refractivity contribution in [3.8, 4) is 5.75 Å². The number of nitrogens with one attached hydrogen (secondary N) is 1. The van der Waals surface area contributed by atoms with E-state index in [4.69, 9.17) is 27.8 Å². The van der Waals surface area contributed by atoms with Gasteiger partial charge in [-0.3, -0.25) is 9.69 Å². The number of ether oxygens (including phenoxy) is 1. The molecule has 0 bridgehead atoms. The number of rotatable bonds is 7. The van der Waals surface area contributed by atoms with E-state index in [1.807, 2.05) is 13.8 Å². The van der Waals surface area contributed by atoms with Gasteiger partial charge < -0.3 is 21.5 Å². The van der Waals surface area contributed by atoms with Gasteiger partial charge in [0.1, 0.15) is 18.0 Å². The van der Waals surface area contributed by atoms with E-state index in [-0.39, 0.29) is 30.6 Å². The van der Waals surface area contributed by atoms with E-state index in [9.17, 15) is 17.1 Å². The fourth-order valence-electron chi connectivity index (χ4n) is 3.19. The second-order valence-electron chi connectivity index (χ2n) is 7.45. The molecule has 1 heterocycles. The number of hydrogen-bond donors (Lipinski definition) is 3. The molecule has 1 amide bonds. The zero-order valence-electron chi connectivity index (χ0n) is 17.7. The molecular formula is C20H22ClFN6O4S. The highest BCUT2D eigenvalue weighted by Crippen LogP contribution is 2.33. The van der Waals surface area contributed by atoms with Crippen LogP contribution >= 0.6 is 11.6 Å². The Balaban J connectivity index is 1.57. The number of guanidine groups is 2. The number of halogens is 2. The first-order valence-corrected chi connectivity index (χ1v) is 11.4. The van der Waals surface area contributed by atoms with Gasteiger partial charge in [-0.05, 0) is 56.3 Å². The monoisotopic (exact) mass is 496 g/mol. The third-order valence-electron chi connectivity index (χ3n) is 4.61. The SMILES string of the molecule is CC1(C)N=C(N)N=C(N)N1c1ccc(OCCNC(=O)c2ccc(S(=O)(=O)F)cc2)c(Cl)c1. The Morgan fingerprint density at radius 3 is 2.45 bits per heavy atom. The van der Waals surface area contributed by atoms with E-state index in [1.165, 1.54) is 12.1 Å². The van der Waals surface area contributed by atoms with Gasteiger partial charge in [0.15, 0.2) is 0 Å². The van der Waals surface area contributed by atoms with Gasteiger partial charge in [-0.15, -0.1) is 3.89 Å². The summed E-state index contributed by atoms with van der Waals surface area (Å²) in [5, 5.41) is 2.93. The van der Waals surface area contributed by atoms with Crippen molar-refractivity contribution in [2.75, 3.05) is 18.1 Å². The number of hydrogen-bond acceptors (Lipinski definition) is 9. The maximum atomic E-state index is 12.9. The van der Waals surface area contributed by atoms with Gasteiger partial charge in [0, 0.05) is 11.3 Å². The second-order valence-corrected chi connectivity index (χ2v) is 9.21. The van der Waals surface area contributed by atoms with Crippen LogP contribution in [-0.4, -0.2) is 45.1 Å². The number of carbonyl (C=O) groups is 1. The van der Waals surface area contributed by atoms with Crippen LogP contribution in [0.15, 0.2) is 57.3 Å². The molecule has 0 unspecified atom stereocenters. The molecule has 3 rings (SSSR count). The summed E-state index contributed by atoms with van der Waals surface area (Å²) >= 11 is 6.35. The maximum absolute atomic E-state index is 12.9. The van der Waals surface area contributed by atoms with Gasteiger partial charge in [0.05, 0.1) is 16.5 Å². The third-order valence-corrected chi connectivity index (χ3v) is 5.74. The molecule has 0 atom stereocenters. The second kappa shape index (κ2) is 9.24. The fourth-order valence-corrected chi connectivity index (χ4v) is 3.88. The van der Waals surface area contributed by atoms with Crippen molar-refractivity contribution in [2.45, 2.75) is 24.4 Å². The Labute approximate surface area is 195 Å². The van der Waals surface area contributed by atoms with E-state index in [1.54, 1.807) is 23.1 Å². The zero-order chi connectivity index (χ0) is 24.4. The highest BCUT2D eigenvalue weighted by atomic mass is 35.5. The molecule has 0 radical (unpaired) electrons. The van der Waals surface area contributed by atoms with Crippen LogP contribution < -0.4 is 26.4 Å². The largest absolute Gasteiger partial charge is 0.490 e.